The molecule has 0 aliphatic rings. The van der Waals surface area contributed by atoms with Gasteiger partial charge >= 0.3 is 0 Å². The summed E-state index contributed by atoms with van der Waals surface area (Å²) in [7, 11) is 0. The molecule has 21 heavy (non-hydrogen) atoms. The van der Waals surface area contributed by atoms with Crippen molar-refractivity contribution in [1.29, 1.82) is 0 Å². The minimum atomic E-state index is 0.478. The lowest BCUT2D eigenvalue weighted by molar-refractivity contribution is 0.112. The average Bonchev–Trinajstić information content (AvgIpc) is 2.47. The normalized spacial score (nSPS) is 10.0. The summed E-state index contributed by atoms with van der Waals surface area (Å²) in [5, 5.41) is 6.72. The van der Waals surface area contributed by atoms with Gasteiger partial charge in [-0.1, -0.05) is 28.1 Å². The smallest absolute Gasteiger partial charge is 0.175 e. The van der Waals surface area contributed by atoms with Crippen LogP contribution in [-0.4, -0.2) is 17.7 Å². The molecule has 0 spiro atoms. The van der Waals surface area contributed by atoms with E-state index in [1.54, 1.807) is 23.9 Å². The second-order valence-electron chi connectivity index (χ2n) is 4.17. The highest BCUT2D eigenvalue weighted by atomic mass is 79.9. The molecule has 0 bridgehead atoms. The van der Waals surface area contributed by atoms with Gasteiger partial charge in [0, 0.05) is 20.6 Å². The number of hydrogen-bond donors (Lipinski definition) is 2. The van der Waals surface area contributed by atoms with E-state index in [9.17, 15) is 4.79 Å². The van der Waals surface area contributed by atoms with Crippen LogP contribution in [0.3, 0.4) is 0 Å². The summed E-state index contributed by atoms with van der Waals surface area (Å²) in [5.74, 6) is 0. The third-order valence-corrected chi connectivity index (χ3v) is 4.13. The quantitative estimate of drug-likeness (QED) is 0.453. The third-order valence-electron chi connectivity index (χ3n) is 2.67. The zero-order valence-corrected chi connectivity index (χ0v) is 14.4. The van der Waals surface area contributed by atoms with Crippen LogP contribution in [0, 0.1) is 0 Å². The largest absolute Gasteiger partial charge is 0.332 e. The van der Waals surface area contributed by atoms with Crippen molar-refractivity contribution in [2.24, 2.45) is 0 Å². The Bertz CT molecular complexity index is 676. The van der Waals surface area contributed by atoms with Gasteiger partial charge in [-0.15, -0.1) is 11.8 Å². The Morgan fingerprint density at radius 1 is 1.24 bits per heavy atom. The maximum Gasteiger partial charge on any atom is 0.175 e. The lowest BCUT2D eigenvalue weighted by Crippen LogP contribution is -2.19. The molecule has 6 heteroatoms. The van der Waals surface area contributed by atoms with Crippen LogP contribution >= 0.6 is 39.9 Å². The lowest BCUT2D eigenvalue weighted by atomic mass is 10.2. The predicted octanol–water partition coefficient (Wildman–Crippen LogP) is 4.79. The standard InChI is InChI=1S/C15H13BrN2OS2/c1-21-14-5-3-2-4-13(14)18-15(20)17-12-7-10(9-19)6-11(16)8-12/h2-9H,1H3,(H2,17,18,20). The van der Waals surface area contributed by atoms with Crippen molar-refractivity contribution in [3.8, 4) is 0 Å². The minimum absolute atomic E-state index is 0.478. The minimum Gasteiger partial charge on any atom is -0.332 e. The number of aldehydes is 1. The van der Waals surface area contributed by atoms with Gasteiger partial charge in [0.1, 0.15) is 6.29 Å². The number of para-hydroxylation sites is 1. The summed E-state index contributed by atoms with van der Waals surface area (Å²) in [5.41, 5.74) is 2.29. The summed E-state index contributed by atoms with van der Waals surface area (Å²) in [6, 6.07) is 13.3. The van der Waals surface area contributed by atoms with Gasteiger partial charge in [0.15, 0.2) is 5.11 Å². The molecule has 0 saturated heterocycles. The molecule has 108 valence electrons. The highest BCUT2D eigenvalue weighted by Crippen LogP contribution is 2.25. The fourth-order valence-electron chi connectivity index (χ4n) is 1.79. The Morgan fingerprint density at radius 3 is 2.71 bits per heavy atom. The Kier molecular flexibility index (Phi) is 5.78. The van der Waals surface area contributed by atoms with E-state index in [1.807, 2.05) is 36.6 Å². The molecule has 2 N–H and O–H groups in total. The molecule has 3 nitrogen and oxygen atoms in total. The molecular weight excluding hydrogens is 368 g/mol. The number of thiocarbonyl (C=S) groups is 1. The van der Waals surface area contributed by atoms with Gasteiger partial charge in [-0.25, -0.2) is 0 Å². The molecule has 0 radical (unpaired) electrons. The van der Waals surface area contributed by atoms with Crippen molar-refractivity contribution in [2.75, 3.05) is 16.9 Å². The Balaban J connectivity index is 2.11. The first-order chi connectivity index (χ1) is 10.1. The summed E-state index contributed by atoms with van der Waals surface area (Å²) in [4.78, 5) is 12.0. The highest BCUT2D eigenvalue weighted by Gasteiger charge is 2.05. The van der Waals surface area contributed by atoms with Gasteiger partial charge in [-0.05, 0) is 48.8 Å². The zero-order valence-electron chi connectivity index (χ0n) is 11.2. The summed E-state index contributed by atoms with van der Waals surface area (Å²) < 4.78 is 0.821. The van der Waals surface area contributed by atoms with Crippen LogP contribution in [0.2, 0.25) is 0 Å². The summed E-state index contributed by atoms with van der Waals surface area (Å²) in [6.07, 6.45) is 2.82. The van der Waals surface area contributed by atoms with E-state index in [0.717, 1.165) is 27.0 Å². The van der Waals surface area contributed by atoms with Crippen LogP contribution in [-0.2, 0) is 0 Å². The molecule has 0 unspecified atom stereocenters. The zero-order chi connectivity index (χ0) is 15.2. The molecule has 0 amide bonds. The van der Waals surface area contributed by atoms with Crippen LogP contribution in [0.15, 0.2) is 51.8 Å². The molecule has 0 atom stereocenters. The van der Waals surface area contributed by atoms with E-state index in [0.29, 0.717) is 10.7 Å². The first-order valence-corrected chi connectivity index (χ1v) is 8.52. The molecule has 0 aliphatic heterocycles. The van der Waals surface area contributed by atoms with Crippen molar-refractivity contribution in [3.05, 3.63) is 52.5 Å². The summed E-state index contributed by atoms with van der Waals surface area (Å²) >= 11 is 10.3. The first-order valence-electron chi connectivity index (χ1n) is 6.09. The van der Waals surface area contributed by atoms with Gasteiger partial charge in [0.05, 0.1) is 5.69 Å². The number of carbonyl (C=O) groups is 1. The van der Waals surface area contributed by atoms with Gasteiger partial charge < -0.3 is 10.6 Å². The van der Waals surface area contributed by atoms with E-state index in [1.165, 1.54) is 0 Å². The van der Waals surface area contributed by atoms with Crippen molar-refractivity contribution < 1.29 is 4.79 Å². The Morgan fingerprint density at radius 2 is 2.00 bits per heavy atom. The molecule has 0 saturated carbocycles. The predicted molar refractivity (Wildman–Crippen MR) is 97.6 cm³/mol. The second kappa shape index (κ2) is 7.59. The molecular formula is C15H13BrN2OS2. The molecule has 0 fully saturated rings. The monoisotopic (exact) mass is 380 g/mol. The van der Waals surface area contributed by atoms with Crippen molar-refractivity contribution in [1.82, 2.24) is 0 Å². The first kappa shape index (κ1) is 16.0. The number of rotatable bonds is 4. The molecule has 0 heterocycles. The van der Waals surface area contributed by atoms with Crippen LogP contribution in [0.5, 0.6) is 0 Å². The van der Waals surface area contributed by atoms with Gasteiger partial charge in [-0.3, -0.25) is 4.79 Å². The molecule has 0 aliphatic carbocycles. The van der Waals surface area contributed by atoms with Gasteiger partial charge in [-0.2, -0.15) is 0 Å². The second-order valence-corrected chi connectivity index (χ2v) is 6.34. The number of hydrogen-bond acceptors (Lipinski definition) is 3. The lowest BCUT2D eigenvalue weighted by Gasteiger charge is -2.13. The fourth-order valence-corrected chi connectivity index (χ4v) is 3.08. The SMILES string of the molecule is CSc1ccccc1NC(=S)Nc1cc(Br)cc(C=O)c1. The van der Waals surface area contributed by atoms with E-state index in [2.05, 4.69) is 26.6 Å². The van der Waals surface area contributed by atoms with Crippen LogP contribution in [0.4, 0.5) is 11.4 Å². The van der Waals surface area contributed by atoms with E-state index < -0.39 is 0 Å². The topological polar surface area (TPSA) is 41.1 Å². The van der Waals surface area contributed by atoms with Crippen molar-refractivity contribution in [3.63, 3.8) is 0 Å². The maximum atomic E-state index is 10.9. The fraction of sp³-hybridized carbons (Fsp3) is 0.0667. The van der Waals surface area contributed by atoms with E-state index >= 15 is 0 Å². The number of carbonyl (C=O) groups excluding carboxylic acids is 1. The number of halogens is 1. The molecule has 2 rings (SSSR count). The Labute approximate surface area is 141 Å². The number of thioether (sulfide) groups is 1. The average molecular weight is 381 g/mol. The van der Waals surface area contributed by atoms with Gasteiger partial charge in [0.25, 0.3) is 0 Å². The third kappa shape index (κ3) is 4.56. The van der Waals surface area contributed by atoms with Crippen LogP contribution in [0.1, 0.15) is 10.4 Å². The van der Waals surface area contributed by atoms with Crippen LogP contribution < -0.4 is 10.6 Å². The number of nitrogens with one attached hydrogen (secondary N) is 2. The highest BCUT2D eigenvalue weighted by molar-refractivity contribution is 9.10. The van der Waals surface area contributed by atoms with E-state index in [4.69, 9.17) is 12.2 Å². The maximum absolute atomic E-state index is 10.9. The molecule has 2 aromatic rings. The van der Waals surface area contributed by atoms with Crippen LogP contribution in [0.25, 0.3) is 0 Å². The molecule has 2 aromatic carbocycles. The Hall–Kier alpha value is -1.37. The molecule has 0 aromatic heterocycles. The summed E-state index contributed by atoms with van der Waals surface area (Å²) in [6.45, 7) is 0. The van der Waals surface area contributed by atoms with Crippen molar-refractivity contribution in [2.45, 2.75) is 4.90 Å². The van der Waals surface area contributed by atoms with Gasteiger partial charge in [0.2, 0.25) is 0 Å². The van der Waals surface area contributed by atoms with Crippen molar-refractivity contribution >= 4 is 62.7 Å². The number of anilines is 2. The number of benzene rings is 2. The van der Waals surface area contributed by atoms with E-state index in [-0.39, 0.29) is 0 Å².